The highest BCUT2D eigenvalue weighted by Gasteiger charge is 2.69. The highest BCUT2D eigenvalue weighted by atomic mass is 32.2. The van der Waals surface area contributed by atoms with E-state index in [1.54, 1.807) is 17.8 Å². The normalized spacial score (nSPS) is 31.4. The van der Waals surface area contributed by atoms with Crippen LogP contribution in [0.5, 0.6) is 11.5 Å². The van der Waals surface area contributed by atoms with Gasteiger partial charge >= 0.3 is 4.87 Å². The van der Waals surface area contributed by atoms with Crippen molar-refractivity contribution in [3.8, 4) is 11.5 Å². The van der Waals surface area contributed by atoms with Crippen LogP contribution < -0.4 is 14.5 Å². The van der Waals surface area contributed by atoms with Crippen molar-refractivity contribution in [3.63, 3.8) is 0 Å². The zero-order valence-corrected chi connectivity index (χ0v) is 21.4. The van der Waals surface area contributed by atoms with Gasteiger partial charge in [0, 0.05) is 16.0 Å². The number of hydrogen-bond acceptors (Lipinski definition) is 7. The quantitative estimate of drug-likeness (QED) is 0.479. The van der Waals surface area contributed by atoms with E-state index < -0.39 is 17.7 Å². The van der Waals surface area contributed by atoms with Crippen molar-refractivity contribution in [2.75, 3.05) is 11.5 Å². The van der Waals surface area contributed by atoms with Crippen LogP contribution >= 0.6 is 23.1 Å². The van der Waals surface area contributed by atoms with Crippen LogP contribution in [-0.2, 0) is 9.59 Å². The zero-order valence-electron chi connectivity index (χ0n) is 19.7. The van der Waals surface area contributed by atoms with Crippen molar-refractivity contribution >= 4 is 40.6 Å². The first-order valence-corrected chi connectivity index (χ1v) is 14.1. The Bertz CT molecular complexity index is 1500. The molecule has 2 aromatic carbocycles. The molecule has 2 aliphatic heterocycles. The highest BCUT2D eigenvalue weighted by molar-refractivity contribution is 8.00. The summed E-state index contributed by atoms with van der Waals surface area (Å²) in [6, 6.07) is 10.8. The molecule has 4 aliphatic rings. The maximum Gasteiger partial charge on any atom is 0.305 e. The molecule has 7 atom stereocenters. The minimum absolute atomic E-state index is 0.00516. The molecule has 0 spiro atoms. The van der Waals surface area contributed by atoms with E-state index in [1.165, 1.54) is 40.5 Å². The molecule has 37 heavy (non-hydrogen) atoms. The summed E-state index contributed by atoms with van der Waals surface area (Å²) in [5.74, 6) is -1.43. The molecule has 2 saturated carbocycles. The molecule has 1 aromatic heterocycles. The minimum Gasteiger partial charge on any atom is -0.504 e. The second-order valence-electron chi connectivity index (χ2n) is 10.1. The van der Waals surface area contributed by atoms with E-state index in [1.807, 2.05) is 19.1 Å². The third-order valence-electron chi connectivity index (χ3n) is 8.45. The number of carbonyl (C=O) groups is 2. The molecule has 1 saturated heterocycles. The summed E-state index contributed by atoms with van der Waals surface area (Å²) in [7, 11) is 0. The number of imide groups is 1. The molecule has 2 amide bonds. The van der Waals surface area contributed by atoms with Crippen LogP contribution in [0.2, 0.25) is 0 Å². The van der Waals surface area contributed by atoms with Crippen molar-refractivity contribution in [2.24, 2.45) is 29.6 Å². The molecular formula is C27H23FN2O5S2. The molecule has 3 heterocycles. The predicted molar refractivity (Wildman–Crippen MR) is 137 cm³/mol. The smallest absolute Gasteiger partial charge is 0.305 e. The fraction of sp³-hybridized carbons (Fsp3) is 0.370. The van der Waals surface area contributed by atoms with Gasteiger partial charge in [0.2, 0.25) is 11.8 Å². The Morgan fingerprint density at radius 2 is 1.81 bits per heavy atom. The molecule has 10 heteroatoms. The number of thioether (sulfide) groups is 1. The molecule has 7 unspecified atom stereocenters. The topological polar surface area (TPSA) is 99.7 Å². The van der Waals surface area contributed by atoms with E-state index in [-0.39, 0.29) is 51.4 Å². The molecule has 7 nitrogen and oxygen atoms in total. The van der Waals surface area contributed by atoms with Crippen LogP contribution in [0.1, 0.15) is 29.7 Å². The van der Waals surface area contributed by atoms with E-state index in [0.29, 0.717) is 18.0 Å². The average Bonchev–Trinajstić information content (AvgIpc) is 3.60. The first-order chi connectivity index (χ1) is 17.9. The van der Waals surface area contributed by atoms with Crippen LogP contribution in [-0.4, -0.2) is 33.8 Å². The number of carbonyl (C=O) groups excluding carboxylic acids is 2. The van der Waals surface area contributed by atoms with Crippen LogP contribution in [0, 0.1) is 35.4 Å². The van der Waals surface area contributed by atoms with Gasteiger partial charge in [-0.25, -0.2) is 4.39 Å². The maximum atomic E-state index is 13.7. The number of benzene rings is 2. The standard InChI is InChI=1S/C27H23FN2O5S2/c1-2-35-17-9-11(3-8-16(17)31)18-19-14-10-15(22(19)36-24-23(18)37-27(34)29-24)21-20(14)25(32)30(26(21)33)13-6-4-12(28)5-7-13/h3-9,14-15,18-22,31H,2,10H2,1H3,(H,29,34). The van der Waals surface area contributed by atoms with Crippen LogP contribution in [0.4, 0.5) is 10.1 Å². The van der Waals surface area contributed by atoms with Crippen molar-refractivity contribution in [1.29, 1.82) is 0 Å². The molecule has 190 valence electrons. The van der Waals surface area contributed by atoms with Crippen molar-refractivity contribution in [3.05, 3.63) is 68.4 Å². The largest absolute Gasteiger partial charge is 0.504 e. The number of ether oxygens (including phenoxy) is 1. The summed E-state index contributed by atoms with van der Waals surface area (Å²) < 4.78 is 19.2. The Morgan fingerprint density at radius 3 is 2.54 bits per heavy atom. The molecule has 0 radical (unpaired) electrons. The Kier molecular flexibility index (Phi) is 5.10. The van der Waals surface area contributed by atoms with E-state index in [9.17, 15) is 23.9 Å². The lowest BCUT2D eigenvalue weighted by Crippen LogP contribution is -2.42. The fourth-order valence-electron chi connectivity index (χ4n) is 7.23. The molecule has 7 rings (SSSR count). The first-order valence-electron chi connectivity index (χ1n) is 12.4. The average molecular weight is 539 g/mol. The van der Waals surface area contributed by atoms with Gasteiger partial charge in [-0.2, -0.15) is 0 Å². The molecule has 3 aromatic rings. The van der Waals surface area contributed by atoms with Crippen molar-refractivity contribution in [2.45, 2.75) is 29.5 Å². The molecular weight excluding hydrogens is 515 g/mol. The van der Waals surface area contributed by atoms with Crippen LogP contribution in [0.25, 0.3) is 0 Å². The number of thiazole rings is 1. The number of anilines is 1. The monoisotopic (exact) mass is 538 g/mol. The van der Waals surface area contributed by atoms with Gasteiger partial charge in [0.1, 0.15) is 5.82 Å². The van der Waals surface area contributed by atoms with Gasteiger partial charge in [0.05, 0.1) is 29.2 Å². The number of amides is 2. The Morgan fingerprint density at radius 1 is 1.08 bits per heavy atom. The van der Waals surface area contributed by atoms with Gasteiger partial charge in [-0.3, -0.25) is 19.3 Å². The number of phenols is 1. The summed E-state index contributed by atoms with van der Waals surface area (Å²) in [5.41, 5.74) is 1.32. The number of aromatic amines is 1. The number of H-pyrrole nitrogens is 1. The summed E-state index contributed by atoms with van der Waals surface area (Å²) in [5, 5.41) is 11.2. The molecule has 3 fully saturated rings. The number of fused-ring (bicyclic) bond motifs is 9. The maximum absolute atomic E-state index is 13.7. The van der Waals surface area contributed by atoms with Gasteiger partial charge in [0.15, 0.2) is 11.5 Å². The van der Waals surface area contributed by atoms with E-state index in [2.05, 4.69) is 4.98 Å². The minimum atomic E-state index is -0.437. The summed E-state index contributed by atoms with van der Waals surface area (Å²) in [4.78, 5) is 44.8. The van der Waals surface area contributed by atoms with Crippen LogP contribution in [0.15, 0.2) is 52.3 Å². The number of nitrogens with zero attached hydrogens (tertiary/aromatic N) is 1. The lowest BCUT2D eigenvalue weighted by Gasteiger charge is -2.43. The Labute approximate surface area is 219 Å². The van der Waals surface area contributed by atoms with Crippen molar-refractivity contribution < 1.29 is 23.8 Å². The Hall–Kier alpha value is -3.11. The third-order valence-corrected chi connectivity index (χ3v) is 11.0. The molecule has 2 N–H and O–H groups in total. The zero-order chi connectivity index (χ0) is 25.6. The number of aromatic nitrogens is 1. The first kappa shape index (κ1) is 23.0. The van der Waals surface area contributed by atoms with Crippen molar-refractivity contribution in [1.82, 2.24) is 4.98 Å². The highest BCUT2D eigenvalue weighted by Crippen LogP contribution is 2.68. The number of halogens is 1. The summed E-state index contributed by atoms with van der Waals surface area (Å²) >= 11 is 2.81. The number of rotatable bonds is 4. The molecule has 2 aliphatic carbocycles. The SMILES string of the molecule is CCOc1cc(C2c3sc(=O)[nH]c3SC3C4CC(C5C(=O)N(c6ccc(F)cc6)C(=O)C45)C23)ccc1O. The van der Waals surface area contributed by atoms with Gasteiger partial charge in [-0.05, 0) is 73.1 Å². The van der Waals surface area contributed by atoms with Gasteiger partial charge < -0.3 is 14.8 Å². The van der Waals surface area contributed by atoms with E-state index in [4.69, 9.17) is 4.74 Å². The van der Waals surface area contributed by atoms with Crippen LogP contribution in [0.3, 0.4) is 0 Å². The van der Waals surface area contributed by atoms with Gasteiger partial charge in [-0.1, -0.05) is 17.4 Å². The predicted octanol–water partition coefficient (Wildman–Crippen LogP) is 4.36. The third kappa shape index (κ3) is 3.21. The lowest BCUT2D eigenvalue weighted by atomic mass is 9.68. The second-order valence-corrected chi connectivity index (χ2v) is 12.3. The summed E-state index contributed by atoms with van der Waals surface area (Å²) in [6.45, 7) is 2.25. The lowest BCUT2D eigenvalue weighted by molar-refractivity contribution is -0.123. The number of hydrogen-bond donors (Lipinski definition) is 2. The van der Waals surface area contributed by atoms with E-state index >= 15 is 0 Å². The van der Waals surface area contributed by atoms with Gasteiger partial charge in [0.25, 0.3) is 0 Å². The number of nitrogens with one attached hydrogen (secondary N) is 1. The number of aromatic hydroxyl groups is 1. The second kappa shape index (κ2) is 8.19. The van der Waals surface area contributed by atoms with E-state index in [0.717, 1.165) is 21.9 Å². The fourth-order valence-corrected chi connectivity index (χ4v) is 10.1. The Balaban J connectivity index is 1.32. The summed E-state index contributed by atoms with van der Waals surface area (Å²) in [6.07, 6.45) is 0.776. The molecule has 2 bridgehead atoms. The van der Waals surface area contributed by atoms with Gasteiger partial charge in [-0.15, -0.1) is 11.8 Å². The number of phenolic OH excluding ortho intramolecular Hbond substituents is 1.